The van der Waals surface area contributed by atoms with E-state index in [4.69, 9.17) is 14.2 Å². The van der Waals surface area contributed by atoms with E-state index in [1.807, 2.05) is 0 Å². The monoisotopic (exact) mass is 377 g/mol. The number of hydrogen-bond acceptors (Lipinski definition) is 9. The summed E-state index contributed by atoms with van der Waals surface area (Å²) >= 11 is 0. The maximum atomic E-state index is 12.2. The molecule has 1 heterocycles. The van der Waals surface area contributed by atoms with E-state index in [2.05, 4.69) is 5.32 Å². The highest BCUT2D eigenvalue weighted by Gasteiger charge is 2.45. The van der Waals surface area contributed by atoms with Gasteiger partial charge in [-0.2, -0.15) is 0 Å². The number of methoxy groups -OCH3 is 1. The van der Waals surface area contributed by atoms with E-state index < -0.39 is 67.6 Å². The SMILES string of the molecule is CO[C@@H]1O[C@H](C)C(OC(=O)NC2C=C(CO)[C@@H](O)C(C)[C@H]2O)[C@H](O)C1O. The second-order valence-electron chi connectivity index (χ2n) is 6.66. The molecule has 0 bridgehead atoms. The first kappa shape index (κ1) is 21.0. The summed E-state index contributed by atoms with van der Waals surface area (Å²) in [4.78, 5) is 12.2. The van der Waals surface area contributed by atoms with Gasteiger partial charge in [-0.3, -0.25) is 0 Å². The first-order valence-corrected chi connectivity index (χ1v) is 8.40. The Balaban J connectivity index is 2.03. The lowest BCUT2D eigenvalue weighted by atomic mass is 9.82. The van der Waals surface area contributed by atoms with E-state index in [-0.39, 0.29) is 5.57 Å². The van der Waals surface area contributed by atoms with Crippen LogP contribution in [0.4, 0.5) is 4.79 Å². The van der Waals surface area contributed by atoms with Crippen molar-refractivity contribution in [1.29, 1.82) is 0 Å². The normalized spacial score (nSPS) is 43.5. The second kappa shape index (κ2) is 8.61. The lowest BCUT2D eigenvalue weighted by Gasteiger charge is -2.40. The zero-order valence-corrected chi connectivity index (χ0v) is 14.8. The Morgan fingerprint density at radius 1 is 1.19 bits per heavy atom. The predicted octanol–water partition coefficient (Wildman–Crippen LogP) is -2.15. The van der Waals surface area contributed by atoms with E-state index >= 15 is 0 Å². The minimum Gasteiger partial charge on any atom is -0.441 e. The van der Waals surface area contributed by atoms with E-state index in [0.717, 1.165) is 0 Å². The van der Waals surface area contributed by atoms with Crippen LogP contribution < -0.4 is 5.32 Å². The van der Waals surface area contributed by atoms with Gasteiger partial charge in [0.2, 0.25) is 0 Å². The summed E-state index contributed by atoms with van der Waals surface area (Å²) < 4.78 is 15.4. The summed E-state index contributed by atoms with van der Waals surface area (Å²) in [6.45, 7) is 2.72. The van der Waals surface area contributed by atoms with Crippen LogP contribution in [0.3, 0.4) is 0 Å². The van der Waals surface area contributed by atoms with Crippen molar-refractivity contribution in [3.8, 4) is 0 Å². The molecule has 2 aliphatic rings. The molecule has 9 atom stereocenters. The van der Waals surface area contributed by atoms with Crippen LogP contribution in [0.25, 0.3) is 0 Å². The van der Waals surface area contributed by atoms with Crippen molar-refractivity contribution >= 4 is 6.09 Å². The molecular formula is C16H27NO9. The number of hydrogen-bond donors (Lipinski definition) is 6. The van der Waals surface area contributed by atoms with Crippen LogP contribution in [-0.4, -0.2) is 94.3 Å². The first-order chi connectivity index (χ1) is 12.2. The topological polar surface area (TPSA) is 158 Å². The molecule has 0 aromatic rings. The fraction of sp³-hybridized carbons (Fsp3) is 0.812. The molecule has 1 amide bonds. The highest BCUT2D eigenvalue weighted by molar-refractivity contribution is 5.68. The number of amides is 1. The summed E-state index contributed by atoms with van der Waals surface area (Å²) in [5, 5.41) is 51.9. The third-order valence-corrected chi connectivity index (χ3v) is 4.90. The third-order valence-electron chi connectivity index (χ3n) is 4.90. The quantitative estimate of drug-likeness (QED) is 0.301. The maximum Gasteiger partial charge on any atom is 0.408 e. The summed E-state index contributed by atoms with van der Waals surface area (Å²) in [6, 6.07) is -0.892. The average molecular weight is 377 g/mol. The molecule has 0 radical (unpaired) electrons. The van der Waals surface area contributed by atoms with Gasteiger partial charge in [0, 0.05) is 13.0 Å². The molecular weight excluding hydrogens is 350 g/mol. The molecule has 0 spiro atoms. The second-order valence-corrected chi connectivity index (χ2v) is 6.66. The number of aliphatic hydroxyl groups is 5. The zero-order valence-electron chi connectivity index (χ0n) is 14.8. The number of carbonyl (C=O) groups excluding carboxylic acids is 1. The molecule has 150 valence electrons. The average Bonchev–Trinajstić information content (AvgIpc) is 2.62. The van der Waals surface area contributed by atoms with Gasteiger partial charge in [-0.1, -0.05) is 13.0 Å². The number of nitrogens with one attached hydrogen (secondary N) is 1. The van der Waals surface area contributed by atoms with Crippen LogP contribution in [0.15, 0.2) is 11.6 Å². The minimum atomic E-state index is -1.42. The van der Waals surface area contributed by atoms with Crippen molar-refractivity contribution < 1.29 is 44.5 Å². The van der Waals surface area contributed by atoms with E-state index in [1.165, 1.54) is 13.2 Å². The molecule has 10 nitrogen and oxygen atoms in total. The summed E-state index contributed by atoms with van der Waals surface area (Å²) in [5.74, 6) is -0.612. The van der Waals surface area contributed by atoms with Crippen LogP contribution in [-0.2, 0) is 14.2 Å². The van der Waals surface area contributed by atoms with Crippen molar-refractivity contribution in [3.63, 3.8) is 0 Å². The van der Waals surface area contributed by atoms with Gasteiger partial charge in [0.25, 0.3) is 0 Å². The molecule has 1 saturated heterocycles. The fourth-order valence-corrected chi connectivity index (χ4v) is 3.21. The van der Waals surface area contributed by atoms with Crippen molar-refractivity contribution in [2.75, 3.05) is 13.7 Å². The predicted molar refractivity (Wildman–Crippen MR) is 86.9 cm³/mol. The lowest BCUT2D eigenvalue weighted by Crippen LogP contribution is -2.59. The highest BCUT2D eigenvalue weighted by atomic mass is 16.7. The molecule has 0 aromatic heterocycles. The fourth-order valence-electron chi connectivity index (χ4n) is 3.21. The molecule has 1 fully saturated rings. The molecule has 1 aliphatic heterocycles. The summed E-state index contributed by atoms with van der Waals surface area (Å²) in [7, 11) is 1.31. The van der Waals surface area contributed by atoms with Gasteiger partial charge in [-0.15, -0.1) is 0 Å². The van der Waals surface area contributed by atoms with E-state index in [9.17, 15) is 30.3 Å². The Bertz CT molecular complexity index is 528. The standard InChI is InChI=1S/C16H27NO9/c1-6-10(19)8(5-18)4-9(11(6)20)17-16(23)26-14-7(2)25-15(24-3)13(22)12(14)21/h4,6-7,9-15,18-22H,5H2,1-3H3,(H,17,23)/t6?,7-,9?,10+,11-,12-,13?,14?,15-/m1/s1. The molecule has 1 aliphatic carbocycles. The largest absolute Gasteiger partial charge is 0.441 e. The van der Waals surface area contributed by atoms with Gasteiger partial charge in [-0.05, 0) is 12.5 Å². The molecule has 4 unspecified atom stereocenters. The van der Waals surface area contributed by atoms with Gasteiger partial charge in [0.15, 0.2) is 12.4 Å². The summed E-state index contributed by atoms with van der Waals surface area (Å²) in [5.41, 5.74) is 0.279. The van der Waals surface area contributed by atoms with Crippen LogP contribution in [0, 0.1) is 5.92 Å². The molecule has 6 N–H and O–H groups in total. The van der Waals surface area contributed by atoms with Crippen LogP contribution >= 0.6 is 0 Å². The molecule has 26 heavy (non-hydrogen) atoms. The Morgan fingerprint density at radius 2 is 1.85 bits per heavy atom. The van der Waals surface area contributed by atoms with Gasteiger partial charge < -0.3 is 45.1 Å². The number of ether oxygens (including phenoxy) is 3. The number of rotatable bonds is 4. The van der Waals surface area contributed by atoms with Gasteiger partial charge in [0.1, 0.15) is 12.2 Å². The van der Waals surface area contributed by atoms with E-state index in [0.29, 0.717) is 0 Å². The molecule has 10 heteroatoms. The lowest BCUT2D eigenvalue weighted by molar-refractivity contribution is -0.285. The maximum absolute atomic E-state index is 12.2. The van der Waals surface area contributed by atoms with Gasteiger partial charge in [0.05, 0.1) is 31.0 Å². The van der Waals surface area contributed by atoms with E-state index in [1.54, 1.807) is 13.8 Å². The summed E-state index contributed by atoms with van der Waals surface area (Å²) in [6.07, 6.45) is -7.45. The zero-order chi connectivity index (χ0) is 19.6. The third kappa shape index (κ3) is 4.17. The number of alkyl carbamates (subject to hydrolysis) is 1. The highest BCUT2D eigenvalue weighted by Crippen LogP contribution is 2.26. The van der Waals surface area contributed by atoms with Crippen molar-refractivity contribution in [3.05, 3.63) is 11.6 Å². The van der Waals surface area contributed by atoms with Crippen LogP contribution in [0.5, 0.6) is 0 Å². The van der Waals surface area contributed by atoms with Crippen LogP contribution in [0.1, 0.15) is 13.8 Å². The van der Waals surface area contributed by atoms with Crippen LogP contribution in [0.2, 0.25) is 0 Å². The smallest absolute Gasteiger partial charge is 0.408 e. The Hall–Kier alpha value is -1.27. The van der Waals surface area contributed by atoms with Crippen molar-refractivity contribution in [1.82, 2.24) is 5.32 Å². The molecule has 0 saturated carbocycles. The van der Waals surface area contributed by atoms with Crippen molar-refractivity contribution in [2.24, 2.45) is 5.92 Å². The van der Waals surface area contributed by atoms with Crippen molar-refractivity contribution in [2.45, 2.75) is 62.8 Å². The molecule has 2 rings (SSSR count). The van der Waals surface area contributed by atoms with Gasteiger partial charge in [-0.25, -0.2) is 4.79 Å². The Morgan fingerprint density at radius 3 is 2.42 bits per heavy atom. The Labute approximate surface area is 151 Å². The minimum absolute atomic E-state index is 0.279. The number of carbonyl (C=O) groups is 1. The Kier molecular flexibility index (Phi) is 6.97. The first-order valence-electron chi connectivity index (χ1n) is 8.40. The van der Waals surface area contributed by atoms with Gasteiger partial charge >= 0.3 is 6.09 Å². The molecule has 0 aromatic carbocycles. The number of aliphatic hydroxyl groups excluding tert-OH is 5.